The second-order valence-corrected chi connectivity index (χ2v) is 5.69. The predicted molar refractivity (Wildman–Crippen MR) is 98.5 cm³/mol. The van der Waals surface area contributed by atoms with Crippen molar-refractivity contribution < 1.29 is 14.3 Å². The van der Waals surface area contributed by atoms with Crippen LogP contribution in [-0.2, 0) is 22.7 Å². The van der Waals surface area contributed by atoms with Crippen LogP contribution in [0.3, 0.4) is 0 Å². The summed E-state index contributed by atoms with van der Waals surface area (Å²) < 4.78 is 5.10. The summed E-state index contributed by atoms with van der Waals surface area (Å²) in [7, 11) is 3.35. The van der Waals surface area contributed by atoms with Crippen molar-refractivity contribution in [2.45, 2.75) is 20.1 Å². The van der Waals surface area contributed by atoms with Crippen molar-refractivity contribution in [1.29, 1.82) is 0 Å². The summed E-state index contributed by atoms with van der Waals surface area (Å²) in [4.78, 5) is 24.9. The third-order valence-corrected chi connectivity index (χ3v) is 3.74. The van der Waals surface area contributed by atoms with Gasteiger partial charge in [-0.3, -0.25) is 4.79 Å². The molecule has 0 aromatic heterocycles. The molecule has 2 rings (SSSR count). The maximum atomic E-state index is 12.0. The molecule has 0 spiro atoms. The standard InChI is InChI=1S/C19H23N3O3/c1-14(23)22(2)18-9-7-17(8-10-18)21-19(24)20-12-15-5-4-6-16(11-15)13-25-3/h4-11H,12-13H2,1-3H3,(H2,20,21,24). The van der Waals surface area contributed by atoms with E-state index >= 15 is 0 Å². The highest BCUT2D eigenvalue weighted by atomic mass is 16.5. The van der Waals surface area contributed by atoms with Crippen molar-refractivity contribution in [1.82, 2.24) is 5.32 Å². The molecule has 3 amide bonds. The van der Waals surface area contributed by atoms with E-state index in [4.69, 9.17) is 4.74 Å². The van der Waals surface area contributed by atoms with Crippen molar-refractivity contribution in [3.8, 4) is 0 Å². The van der Waals surface area contributed by atoms with Gasteiger partial charge in [-0.15, -0.1) is 0 Å². The number of amides is 3. The van der Waals surface area contributed by atoms with Crippen LogP contribution in [0, 0.1) is 0 Å². The van der Waals surface area contributed by atoms with Gasteiger partial charge in [-0.2, -0.15) is 0 Å². The van der Waals surface area contributed by atoms with Gasteiger partial charge in [0.05, 0.1) is 6.61 Å². The molecule has 2 aromatic rings. The van der Waals surface area contributed by atoms with Gasteiger partial charge in [-0.05, 0) is 35.4 Å². The Morgan fingerprint density at radius 3 is 2.40 bits per heavy atom. The Morgan fingerprint density at radius 2 is 1.76 bits per heavy atom. The van der Waals surface area contributed by atoms with Crippen LogP contribution in [0.15, 0.2) is 48.5 Å². The second kappa shape index (κ2) is 8.84. The molecule has 2 aromatic carbocycles. The highest BCUT2D eigenvalue weighted by Gasteiger charge is 2.06. The smallest absolute Gasteiger partial charge is 0.319 e. The van der Waals surface area contributed by atoms with E-state index in [0.29, 0.717) is 18.8 Å². The minimum atomic E-state index is -0.287. The van der Waals surface area contributed by atoms with Gasteiger partial charge in [0.2, 0.25) is 5.91 Å². The van der Waals surface area contributed by atoms with Crippen molar-refractivity contribution in [3.63, 3.8) is 0 Å². The largest absolute Gasteiger partial charge is 0.380 e. The molecule has 132 valence electrons. The van der Waals surface area contributed by atoms with Crippen LogP contribution in [0.4, 0.5) is 16.2 Å². The van der Waals surface area contributed by atoms with Crippen LogP contribution in [0.25, 0.3) is 0 Å². The number of carbonyl (C=O) groups is 2. The molecule has 6 heteroatoms. The van der Waals surface area contributed by atoms with Crippen molar-refractivity contribution in [2.24, 2.45) is 0 Å². The number of hydrogen-bond acceptors (Lipinski definition) is 3. The molecule has 2 N–H and O–H groups in total. The molecule has 6 nitrogen and oxygen atoms in total. The molecule has 0 radical (unpaired) electrons. The summed E-state index contributed by atoms with van der Waals surface area (Å²) in [6.07, 6.45) is 0. The van der Waals surface area contributed by atoms with E-state index in [9.17, 15) is 9.59 Å². The number of hydrogen-bond donors (Lipinski definition) is 2. The first-order valence-electron chi connectivity index (χ1n) is 7.95. The van der Waals surface area contributed by atoms with Crippen LogP contribution in [0.5, 0.6) is 0 Å². The summed E-state index contributed by atoms with van der Waals surface area (Å²) >= 11 is 0. The third-order valence-electron chi connectivity index (χ3n) is 3.74. The van der Waals surface area contributed by atoms with E-state index in [1.165, 1.54) is 11.8 Å². The van der Waals surface area contributed by atoms with Gasteiger partial charge in [0.1, 0.15) is 0 Å². The molecular weight excluding hydrogens is 318 g/mol. The van der Waals surface area contributed by atoms with Gasteiger partial charge in [0.25, 0.3) is 0 Å². The van der Waals surface area contributed by atoms with Gasteiger partial charge in [0.15, 0.2) is 0 Å². The van der Waals surface area contributed by atoms with E-state index in [1.54, 1.807) is 38.4 Å². The lowest BCUT2D eigenvalue weighted by Gasteiger charge is -2.15. The molecule has 0 bridgehead atoms. The SMILES string of the molecule is COCc1cccc(CNC(=O)Nc2ccc(N(C)C(C)=O)cc2)c1. The number of methoxy groups -OCH3 is 1. The predicted octanol–water partition coefficient (Wildman–Crippen LogP) is 3.14. The van der Waals surface area contributed by atoms with Crippen LogP contribution in [0.2, 0.25) is 0 Å². The molecule has 0 aliphatic rings. The maximum Gasteiger partial charge on any atom is 0.319 e. The lowest BCUT2D eigenvalue weighted by Crippen LogP contribution is -2.28. The molecule has 0 saturated heterocycles. The van der Waals surface area contributed by atoms with Crippen molar-refractivity contribution in [3.05, 3.63) is 59.7 Å². The number of ether oxygens (including phenoxy) is 1. The lowest BCUT2D eigenvalue weighted by molar-refractivity contribution is -0.116. The zero-order valence-electron chi connectivity index (χ0n) is 14.7. The van der Waals surface area contributed by atoms with Crippen molar-refractivity contribution >= 4 is 23.3 Å². The molecule has 0 fully saturated rings. The number of nitrogens with zero attached hydrogens (tertiary/aromatic N) is 1. The summed E-state index contributed by atoms with van der Waals surface area (Å²) in [5, 5.41) is 5.59. The Bertz CT molecular complexity index is 729. The second-order valence-electron chi connectivity index (χ2n) is 5.69. The molecular formula is C19H23N3O3. The fourth-order valence-electron chi connectivity index (χ4n) is 2.30. The summed E-state index contributed by atoms with van der Waals surface area (Å²) in [5.74, 6) is -0.0471. The van der Waals surface area contributed by atoms with Crippen LogP contribution in [0.1, 0.15) is 18.1 Å². The summed E-state index contributed by atoms with van der Waals surface area (Å²) in [6.45, 7) is 2.47. The van der Waals surface area contributed by atoms with Gasteiger partial charge >= 0.3 is 6.03 Å². The van der Waals surface area contributed by atoms with E-state index in [-0.39, 0.29) is 11.9 Å². The molecule has 0 aliphatic carbocycles. The number of anilines is 2. The number of carbonyl (C=O) groups excluding carboxylic acids is 2. The molecule has 0 unspecified atom stereocenters. The number of benzene rings is 2. The maximum absolute atomic E-state index is 12.0. The fraction of sp³-hybridized carbons (Fsp3) is 0.263. The normalized spacial score (nSPS) is 10.2. The van der Waals surface area contributed by atoms with E-state index in [2.05, 4.69) is 10.6 Å². The Labute approximate surface area is 147 Å². The van der Waals surface area contributed by atoms with Crippen LogP contribution < -0.4 is 15.5 Å². The first-order chi connectivity index (χ1) is 12.0. The first-order valence-corrected chi connectivity index (χ1v) is 7.95. The quantitative estimate of drug-likeness (QED) is 0.848. The highest BCUT2D eigenvalue weighted by Crippen LogP contribution is 2.17. The third kappa shape index (κ3) is 5.61. The van der Waals surface area contributed by atoms with E-state index in [1.807, 2.05) is 24.3 Å². The summed E-state index contributed by atoms with van der Waals surface area (Å²) in [6, 6.07) is 14.7. The Morgan fingerprint density at radius 1 is 1.08 bits per heavy atom. The van der Waals surface area contributed by atoms with Crippen molar-refractivity contribution in [2.75, 3.05) is 24.4 Å². The van der Waals surface area contributed by atoms with Gasteiger partial charge in [0, 0.05) is 39.0 Å². The lowest BCUT2D eigenvalue weighted by atomic mass is 10.1. The minimum Gasteiger partial charge on any atom is -0.380 e. The molecule has 0 heterocycles. The monoisotopic (exact) mass is 341 g/mol. The Kier molecular flexibility index (Phi) is 6.54. The van der Waals surface area contributed by atoms with E-state index < -0.39 is 0 Å². The highest BCUT2D eigenvalue weighted by molar-refractivity contribution is 5.92. The summed E-state index contributed by atoms with van der Waals surface area (Å²) in [5.41, 5.74) is 3.50. The molecule has 0 atom stereocenters. The molecule has 25 heavy (non-hydrogen) atoms. The number of urea groups is 1. The average Bonchev–Trinajstić information content (AvgIpc) is 2.60. The number of nitrogens with one attached hydrogen (secondary N) is 2. The Balaban J connectivity index is 1.88. The molecule has 0 saturated carbocycles. The van der Waals surface area contributed by atoms with Crippen LogP contribution >= 0.6 is 0 Å². The Hall–Kier alpha value is -2.86. The van der Waals surface area contributed by atoms with Gasteiger partial charge in [-0.25, -0.2) is 4.79 Å². The number of rotatable bonds is 6. The average molecular weight is 341 g/mol. The zero-order chi connectivity index (χ0) is 18.2. The molecule has 0 aliphatic heterocycles. The minimum absolute atomic E-state index is 0.0471. The van der Waals surface area contributed by atoms with Gasteiger partial charge < -0.3 is 20.3 Å². The van der Waals surface area contributed by atoms with Crippen LogP contribution in [-0.4, -0.2) is 26.1 Å². The van der Waals surface area contributed by atoms with Gasteiger partial charge in [-0.1, -0.05) is 24.3 Å². The topological polar surface area (TPSA) is 70.7 Å². The first kappa shape index (κ1) is 18.5. The fourth-order valence-corrected chi connectivity index (χ4v) is 2.30. The zero-order valence-corrected chi connectivity index (χ0v) is 14.7. The van der Waals surface area contributed by atoms with E-state index in [0.717, 1.165) is 16.8 Å².